The van der Waals surface area contributed by atoms with E-state index in [1.54, 1.807) is 4.90 Å². The Hall–Kier alpha value is -2.90. The normalized spacial score (nSPS) is 19.9. The zero-order valence-electron chi connectivity index (χ0n) is 13.6. The molecule has 1 aromatic carbocycles. The van der Waals surface area contributed by atoms with Crippen LogP contribution in [0, 0.1) is 0 Å². The molecular formula is C17H19N5O3. The first-order valence-corrected chi connectivity index (χ1v) is 8.44. The molecule has 2 aromatic rings. The lowest BCUT2D eigenvalue weighted by atomic mass is 10.2. The van der Waals surface area contributed by atoms with Crippen molar-refractivity contribution >= 4 is 17.6 Å². The van der Waals surface area contributed by atoms with Crippen molar-refractivity contribution in [1.29, 1.82) is 0 Å². The second-order valence-corrected chi connectivity index (χ2v) is 6.31. The molecule has 8 nitrogen and oxygen atoms in total. The maximum atomic E-state index is 12.4. The standard InChI is InChI=1S/C17H19N5O3/c23-16-13(8-9-22(16)12-4-2-1-3-5-12)19-17(24)18-10-14-20-15(21-25-14)11-6-7-11/h1-5,11,13H,6-10H2,(H2,18,19,24)/t13-/m1/s1. The molecule has 8 heteroatoms. The molecule has 1 aromatic heterocycles. The van der Waals surface area contributed by atoms with Crippen LogP contribution in [0.2, 0.25) is 0 Å². The molecule has 1 saturated heterocycles. The molecule has 0 unspecified atom stereocenters. The third-order valence-corrected chi connectivity index (χ3v) is 4.41. The molecule has 0 radical (unpaired) electrons. The summed E-state index contributed by atoms with van der Waals surface area (Å²) in [5.41, 5.74) is 0.843. The van der Waals surface area contributed by atoms with Crippen LogP contribution >= 0.6 is 0 Å². The predicted molar refractivity (Wildman–Crippen MR) is 88.8 cm³/mol. The van der Waals surface area contributed by atoms with Gasteiger partial charge in [-0.15, -0.1) is 0 Å². The Labute approximate surface area is 144 Å². The minimum Gasteiger partial charge on any atom is -0.337 e. The molecule has 2 fully saturated rings. The highest BCUT2D eigenvalue weighted by molar-refractivity contribution is 6.01. The number of rotatable bonds is 5. The van der Waals surface area contributed by atoms with Crippen molar-refractivity contribution in [3.8, 4) is 0 Å². The minimum absolute atomic E-state index is 0.102. The number of carbonyl (C=O) groups is 2. The predicted octanol–water partition coefficient (Wildman–Crippen LogP) is 1.55. The molecule has 2 aliphatic rings. The van der Waals surface area contributed by atoms with Gasteiger partial charge in [-0.05, 0) is 31.4 Å². The van der Waals surface area contributed by atoms with Crippen LogP contribution in [0.4, 0.5) is 10.5 Å². The molecule has 25 heavy (non-hydrogen) atoms. The second kappa shape index (κ2) is 6.54. The van der Waals surface area contributed by atoms with Crippen molar-refractivity contribution < 1.29 is 14.1 Å². The van der Waals surface area contributed by atoms with Crippen molar-refractivity contribution in [2.24, 2.45) is 0 Å². The molecule has 2 heterocycles. The number of amides is 3. The molecule has 1 atom stereocenters. The molecule has 2 N–H and O–H groups in total. The first kappa shape index (κ1) is 15.6. The fraction of sp³-hybridized carbons (Fsp3) is 0.412. The van der Waals surface area contributed by atoms with E-state index in [1.807, 2.05) is 30.3 Å². The van der Waals surface area contributed by atoms with Gasteiger partial charge in [0.05, 0.1) is 6.54 Å². The lowest BCUT2D eigenvalue weighted by Gasteiger charge is -2.17. The van der Waals surface area contributed by atoms with E-state index in [0.717, 1.165) is 18.5 Å². The van der Waals surface area contributed by atoms with Crippen molar-refractivity contribution in [3.05, 3.63) is 42.0 Å². The Bertz CT molecular complexity index is 772. The number of urea groups is 1. The number of aromatic nitrogens is 2. The Morgan fingerprint density at radius 2 is 2.04 bits per heavy atom. The van der Waals surface area contributed by atoms with E-state index in [2.05, 4.69) is 20.8 Å². The fourth-order valence-electron chi connectivity index (χ4n) is 2.89. The van der Waals surface area contributed by atoms with E-state index in [-0.39, 0.29) is 12.5 Å². The molecule has 4 rings (SSSR count). The Morgan fingerprint density at radius 3 is 2.80 bits per heavy atom. The van der Waals surface area contributed by atoms with Crippen molar-refractivity contribution in [2.45, 2.75) is 37.8 Å². The summed E-state index contributed by atoms with van der Waals surface area (Å²) >= 11 is 0. The molecule has 3 amide bonds. The highest BCUT2D eigenvalue weighted by Gasteiger charge is 2.33. The molecule has 130 valence electrons. The second-order valence-electron chi connectivity index (χ2n) is 6.31. The number of hydrogen-bond acceptors (Lipinski definition) is 5. The van der Waals surface area contributed by atoms with Gasteiger partial charge in [-0.2, -0.15) is 4.98 Å². The SMILES string of the molecule is O=C(NCc1nc(C2CC2)no1)N[C@@H]1CCN(c2ccccc2)C1=O. The zero-order chi connectivity index (χ0) is 17.2. The molecule has 1 aliphatic carbocycles. The smallest absolute Gasteiger partial charge is 0.315 e. The molecule has 0 bridgehead atoms. The molecular weight excluding hydrogens is 322 g/mol. The van der Waals surface area contributed by atoms with Crippen LogP contribution in [-0.4, -0.2) is 34.7 Å². The lowest BCUT2D eigenvalue weighted by Crippen LogP contribution is -2.46. The first-order valence-electron chi connectivity index (χ1n) is 8.44. The van der Waals surface area contributed by atoms with Crippen molar-refractivity contribution in [1.82, 2.24) is 20.8 Å². The number of nitrogens with zero attached hydrogens (tertiary/aromatic N) is 3. The molecule has 0 spiro atoms. The third kappa shape index (κ3) is 3.47. The van der Waals surface area contributed by atoms with Gasteiger partial charge in [0, 0.05) is 18.2 Å². The van der Waals surface area contributed by atoms with E-state index in [1.165, 1.54) is 0 Å². The minimum atomic E-state index is -0.523. The summed E-state index contributed by atoms with van der Waals surface area (Å²) in [4.78, 5) is 30.4. The van der Waals surface area contributed by atoms with Crippen LogP contribution in [-0.2, 0) is 11.3 Å². The number of hydrogen-bond donors (Lipinski definition) is 2. The number of benzene rings is 1. The summed E-state index contributed by atoms with van der Waals surface area (Å²) in [6, 6.07) is 8.50. The summed E-state index contributed by atoms with van der Waals surface area (Å²) in [5.74, 6) is 1.39. The van der Waals surface area contributed by atoms with E-state index in [4.69, 9.17) is 4.52 Å². The Morgan fingerprint density at radius 1 is 1.24 bits per heavy atom. The summed E-state index contributed by atoms with van der Waals surface area (Å²) in [6.45, 7) is 0.733. The fourth-order valence-corrected chi connectivity index (χ4v) is 2.89. The maximum Gasteiger partial charge on any atom is 0.315 e. The average Bonchev–Trinajstić information content (AvgIpc) is 3.27. The number of nitrogens with one attached hydrogen (secondary N) is 2. The monoisotopic (exact) mass is 341 g/mol. The van der Waals surface area contributed by atoms with Gasteiger partial charge in [-0.25, -0.2) is 4.79 Å². The van der Waals surface area contributed by atoms with Crippen LogP contribution in [0.5, 0.6) is 0 Å². The van der Waals surface area contributed by atoms with Gasteiger partial charge in [0.25, 0.3) is 0 Å². The van der Waals surface area contributed by atoms with Crippen molar-refractivity contribution in [2.75, 3.05) is 11.4 Å². The lowest BCUT2D eigenvalue weighted by molar-refractivity contribution is -0.118. The van der Waals surface area contributed by atoms with E-state index in [0.29, 0.717) is 30.6 Å². The Balaban J connectivity index is 1.28. The Kier molecular flexibility index (Phi) is 4.09. The first-order chi connectivity index (χ1) is 12.2. The summed E-state index contributed by atoms with van der Waals surface area (Å²) in [5, 5.41) is 9.26. The maximum absolute atomic E-state index is 12.4. The van der Waals surface area contributed by atoms with E-state index < -0.39 is 12.1 Å². The van der Waals surface area contributed by atoms with Crippen LogP contribution < -0.4 is 15.5 Å². The van der Waals surface area contributed by atoms with Crippen LogP contribution in [0.15, 0.2) is 34.9 Å². The number of anilines is 1. The highest BCUT2D eigenvalue weighted by Crippen LogP contribution is 2.38. The molecule has 1 saturated carbocycles. The van der Waals surface area contributed by atoms with Gasteiger partial charge in [-0.3, -0.25) is 4.79 Å². The summed E-state index contributed by atoms with van der Waals surface area (Å²) in [7, 11) is 0. The van der Waals surface area contributed by atoms with Gasteiger partial charge in [0.15, 0.2) is 5.82 Å². The van der Waals surface area contributed by atoms with Gasteiger partial charge in [-0.1, -0.05) is 23.4 Å². The van der Waals surface area contributed by atoms with Gasteiger partial charge in [0.2, 0.25) is 11.8 Å². The zero-order valence-corrected chi connectivity index (χ0v) is 13.6. The van der Waals surface area contributed by atoms with Gasteiger partial charge < -0.3 is 20.1 Å². The van der Waals surface area contributed by atoms with E-state index in [9.17, 15) is 9.59 Å². The van der Waals surface area contributed by atoms with Gasteiger partial charge in [0.1, 0.15) is 6.04 Å². The molecule has 1 aliphatic heterocycles. The van der Waals surface area contributed by atoms with Crippen LogP contribution in [0.1, 0.15) is 36.9 Å². The summed E-state index contributed by atoms with van der Waals surface area (Å²) in [6.07, 6.45) is 2.76. The van der Waals surface area contributed by atoms with E-state index >= 15 is 0 Å². The largest absolute Gasteiger partial charge is 0.337 e. The highest BCUT2D eigenvalue weighted by atomic mass is 16.5. The average molecular weight is 341 g/mol. The van der Waals surface area contributed by atoms with Crippen LogP contribution in [0.3, 0.4) is 0 Å². The van der Waals surface area contributed by atoms with Gasteiger partial charge >= 0.3 is 6.03 Å². The number of carbonyl (C=O) groups excluding carboxylic acids is 2. The van der Waals surface area contributed by atoms with Crippen molar-refractivity contribution in [3.63, 3.8) is 0 Å². The number of para-hydroxylation sites is 1. The van der Waals surface area contributed by atoms with Crippen LogP contribution in [0.25, 0.3) is 0 Å². The topological polar surface area (TPSA) is 100 Å². The quantitative estimate of drug-likeness (QED) is 0.859. The summed E-state index contributed by atoms with van der Waals surface area (Å²) < 4.78 is 5.10. The third-order valence-electron chi connectivity index (χ3n) is 4.41.